The van der Waals surface area contributed by atoms with E-state index in [4.69, 9.17) is 23.8 Å². The van der Waals surface area contributed by atoms with Gasteiger partial charge in [0.05, 0.1) is 4.90 Å². The smallest absolute Gasteiger partial charge is 0.253 e. The molecule has 0 aliphatic carbocycles. The van der Waals surface area contributed by atoms with Gasteiger partial charge in [-0.05, 0) is 42.5 Å². The van der Waals surface area contributed by atoms with Crippen LogP contribution in [0, 0.1) is 10.2 Å². The van der Waals surface area contributed by atoms with Gasteiger partial charge >= 0.3 is 0 Å². The fraction of sp³-hybridized carbons (Fsp3) is 0. The number of hydrogen-bond donors (Lipinski definition) is 2. The molecule has 5 rings (SSSR count). The zero-order valence-corrected chi connectivity index (χ0v) is 24.3. The van der Waals surface area contributed by atoms with Crippen molar-refractivity contribution in [2.75, 3.05) is 4.72 Å². The molecule has 5 aromatic rings. The predicted octanol–water partition coefficient (Wildman–Crippen LogP) is -1.16. The molecule has 0 spiro atoms. The molecule has 13 nitrogen and oxygen atoms in total. The summed E-state index contributed by atoms with van der Waals surface area (Å²) in [6.45, 7) is 0. The number of pyridine rings is 1. The Hall–Kier alpha value is -3.84. The zero-order valence-electron chi connectivity index (χ0n) is 21.1. The molecule has 0 aliphatic rings. The minimum atomic E-state index is -4.94. The molecule has 3 N–H and O–H groups in total. The van der Waals surface area contributed by atoms with E-state index in [1.54, 1.807) is 12.1 Å². The van der Waals surface area contributed by atoms with E-state index in [-0.39, 0.29) is 10.0 Å². The van der Waals surface area contributed by atoms with Gasteiger partial charge < -0.3 is 0 Å². The minimum Gasteiger partial charge on any atom is -0.253 e. The van der Waals surface area contributed by atoms with Crippen molar-refractivity contribution in [3.8, 4) is 28.2 Å². The second-order valence-corrected chi connectivity index (χ2v) is 13.4. The van der Waals surface area contributed by atoms with E-state index in [0.717, 1.165) is 28.2 Å². The molecule has 2 aromatic heterocycles. The maximum atomic E-state index is 12.9. The maximum Gasteiger partial charge on any atom is 0.267 e. The predicted molar refractivity (Wildman–Crippen MR) is 141 cm³/mol. The van der Waals surface area contributed by atoms with Gasteiger partial charge in [-0.15, -0.1) is 20.4 Å². The molecular formula is C25H20ClN5O8S3. The monoisotopic (exact) mass is 649 g/mol. The summed E-state index contributed by atoms with van der Waals surface area (Å²) in [6.07, 6.45) is 0. The van der Waals surface area contributed by atoms with Crippen molar-refractivity contribution in [1.82, 2.24) is 10.2 Å². The first-order valence-corrected chi connectivity index (χ1v) is 16.6. The minimum absolute atomic E-state index is 0.0253. The number of halogens is 1. The van der Waals surface area contributed by atoms with Crippen LogP contribution in [-0.4, -0.2) is 27.0 Å². The van der Waals surface area contributed by atoms with Crippen molar-refractivity contribution < 1.29 is 50.3 Å². The molecule has 0 fully saturated rings. The van der Waals surface area contributed by atoms with Gasteiger partial charge in [-0.1, -0.05) is 47.7 Å². The van der Waals surface area contributed by atoms with E-state index in [1.807, 2.05) is 78.9 Å². The number of rotatable bonds is 7. The highest BCUT2D eigenvalue weighted by molar-refractivity contribution is 7.93. The molecule has 0 saturated carbocycles. The number of primary sulfonamides is 1. The van der Waals surface area contributed by atoms with Gasteiger partial charge in [0, 0.05) is 35.4 Å². The Labute approximate surface area is 246 Å². The van der Waals surface area contributed by atoms with Crippen LogP contribution in [0.3, 0.4) is 0 Å². The van der Waals surface area contributed by atoms with Gasteiger partial charge in [0.2, 0.25) is 26.5 Å². The molecule has 0 bridgehead atoms. The third kappa shape index (κ3) is 8.13. The van der Waals surface area contributed by atoms with E-state index in [0.29, 0.717) is 11.3 Å². The van der Waals surface area contributed by atoms with Crippen LogP contribution < -0.4 is 33.1 Å². The van der Waals surface area contributed by atoms with E-state index < -0.39 is 34.6 Å². The molecule has 3 aromatic carbocycles. The summed E-state index contributed by atoms with van der Waals surface area (Å²) in [7, 11) is -13.1. The first-order valence-electron chi connectivity index (χ1n) is 11.5. The number of nitrogens with one attached hydrogen (secondary N) is 1. The highest BCUT2D eigenvalue weighted by atomic mass is 35.7. The van der Waals surface area contributed by atoms with Crippen LogP contribution in [0.25, 0.3) is 28.2 Å². The summed E-state index contributed by atoms with van der Waals surface area (Å²) in [5.41, 5.74) is 4.62. The number of nitrogens with two attached hydrogens (primary N) is 1. The average Bonchev–Trinajstić information content (AvgIpc) is 3.41. The number of benzene rings is 3. The molecule has 17 heteroatoms. The highest BCUT2D eigenvalue weighted by Gasteiger charge is 2.24. The molecule has 0 aliphatic heterocycles. The molecule has 42 heavy (non-hydrogen) atoms. The van der Waals surface area contributed by atoms with Crippen LogP contribution in [0.15, 0.2) is 112 Å². The third-order valence-electron chi connectivity index (χ3n) is 5.41. The third-order valence-corrected chi connectivity index (χ3v) is 9.04. The van der Waals surface area contributed by atoms with Gasteiger partial charge in [-0.25, -0.2) is 40.6 Å². The number of sulfonamides is 2. The van der Waals surface area contributed by atoms with Crippen LogP contribution in [0.2, 0.25) is 0 Å². The molecule has 0 amide bonds. The van der Waals surface area contributed by atoms with Crippen molar-refractivity contribution >= 4 is 36.5 Å². The molecule has 0 unspecified atom stereocenters. The first kappa shape index (κ1) is 31.1. The Morgan fingerprint density at radius 1 is 0.690 bits per heavy atom. The lowest BCUT2D eigenvalue weighted by molar-refractivity contribution is -2.00. The Morgan fingerprint density at radius 3 is 1.60 bits per heavy atom. The van der Waals surface area contributed by atoms with Gasteiger partial charge in [-0.2, -0.15) is 4.57 Å². The fourth-order valence-electron chi connectivity index (χ4n) is 3.77. The summed E-state index contributed by atoms with van der Waals surface area (Å²) in [4.78, 5) is -0.0253. The standard InChI is InChI=1S/C25H20N5O4S3.ClHO4/c26-36(31,32)25-28-27-24(35-25)29-37(33,34)21-16-14-20(15-17-21)30-22(18-8-3-1-4-9-18)12-7-13-23(30)19-10-5-2-6-11-19;2-1(3,4)5/h1-17H,(H,27,29)(H2,26,31,32);(H,2,3,4,5)/q+1;/p-1. The normalized spacial score (nSPS) is 11.8. The van der Waals surface area contributed by atoms with Crippen LogP contribution in [-0.2, 0) is 20.0 Å². The lowest BCUT2D eigenvalue weighted by Gasteiger charge is -2.17. The summed E-state index contributed by atoms with van der Waals surface area (Å²) in [5, 5.41) is 11.8. The quantitative estimate of drug-likeness (QED) is 0.201. The topological polar surface area (TPSA) is 228 Å². The Balaban J connectivity index is 0.000000748. The van der Waals surface area contributed by atoms with Crippen molar-refractivity contribution in [2.45, 2.75) is 9.24 Å². The Bertz CT molecular complexity index is 1820. The summed E-state index contributed by atoms with van der Waals surface area (Å²) < 4.78 is 86.5. The molecule has 0 atom stereocenters. The first-order chi connectivity index (χ1) is 19.7. The number of hydrogen-bond acceptors (Lipinski definition) is 11. The van der Waals surface area contributed by atoms with Crippen molar-refractivity contribution in [1.29, 1.82) is 0 Å². The van der Waals surface area contributed by atoms with E-state index >= 15 is 0 Å². The lowest BCUT2D eigenvalue weighted by atomic mass is 10.1. The zero-order chi connectivity index (χ0) is 30.5. The largest absolute Gasteiger partial charge is 0.267 e. The number of aromatic nitrogens is 3. The molecule has 0 saturated heterocycles. The van der Waals surface area contributed by atoms with Crippen molar-refractivity contribution in [3.05, 3.63) is 103 Å². The van der Waals surface area contributed by atoms with Crippen LogP contribution in [0.1, 0.15) is 0 Å². The number of anilines is 1. The molecule has 218 valence electrons. The van der Waals surface area contributed by atoms with E-state index in [1.165, 1.54) is 12.1 Å². The van der Waals surface area contributed by atoms with Gasteiger partial charge in [0.1, 0.15) is 0 Å². The van der Waals surface area contributed by atoms with Gasteiger partial charge in [0.15, 0.2) is 0 Å². The van der Waals surface area contributed by atoms with Crippen molar-refractivity contribution in [3.63, 3.8) is 0 Å². The molecule has 2 heterocycles. The van der Waals surface area contributed by atoms with E-state index in [9.17, 15) is 16.8 Å². The SMILES string of the molecule is NS(=O)(=O)c1nnc(NS(=O)(=O)c2ccc(-[n+]3c(-c4ccccc4)cccc3-c3ccccc3)cc2)s1.[O-][Cl+3]([O-])([O-])[O-]. The maximum absolute atomic E-state index is 12.9. The van der Waals surface area contributed by atoms with Crippen LogP contribution >= 0.6 is 11.3 Å². The van der Waals surface area contributed by atoms with Crippen molar-refractivity contribution in [2.24, 2.45) is 5.14 Å². The Kier molecular flexibility index (Phi) is 9.31. The highest BCUT2D eigenvalue weighted by Crippen LogP contribution is 2.25. The van der Waals surface area contributed by atoms with Crippen LogP contribution in [0.5, 0.6) is 0 Å². The summed E-state index contributed by atoms with van der Waals surface area (Å²) >= 11 is 0.531. The number of nitrogens with zero attached hydrogens (tertiary/aromatic N) is 3. The Morgan fingerprint density at radius 2 is 1.17 bits per heavy atom. The summed E-state index contributed by atoms with van der Waals surface area (Å²) in [6, 6.07) is 32.2. The van der Waals surface area contributed by atoms with Gasteiger partial charge in [0.25, 0.3) is 20.0 Å². The fourth-order valence-corrected chi connectivity index (χ4v) is 6.33. The molecular weight excluding hydrogens is 630 g/mol. The van der Waals surface area contributed by atoms with E-state index in [2.05, 4.69) is 19.5 Å². The molecule has 0 radical (unpaired) electrons. The second-order valence-electron chi connectivity index (χ2n) is 8.26. The lowest BCUT2D eigenvalue weighted by Crippen LogP contribution is -2.68. The van der Waals surface area contributed by atoms with Crippen LogP contribution in [0.4, 0.5) is 5.13 Å². The van der Waals surface area contributed by atoms with Gasteiger partial charge in [-0.3, -0.25) is 4.72 Å². The second kappa shape index (κ2) is 12.6. The summed E-state index contributed by atoms with van der Waals surface area (Å²) in [5.74, 6) is 0. The average molecular weight is 650 g/mol.